The Morgan fingerprint density at radius 1 is 1.18 bits per heavy atom. The van der Waals surface area contributed by atoms with Gasteiger partial charge in [-0.1, -0.05) is 6.92 Å². The Hall–Kier alpha value is -3.10. The molecule has 1 aliphatic heterocycles. The molecule has 8 heteroatoms. The van der Waals surface area contributed by atoms with Crippen LogP contribution >= 0.6 is 0 Å². The van der Waals surface area contributed by atoms with Gasteiger partial charge in [-0.25, -0.2) is 9.78 Å². The number of nitrogens with zero attached hydrogens (tertiary/aromatic N) is 3. The SMILES string of the molecule is C[C@@H]1OC(=O)c2ccc(Cc3cc4c([C@@](C)(N)CO)cnc(OC5CC5)c4cn3)nc2[C@H]1C. The molecule has 0 unspecified atom stereocenters. The zero-order valence-electron chi connectivity index (χ0n) is 19.0. The van der Waals surface area contributed by atoms with Crippen molar-refractivity contribution in [1.29, 1.82) is 0 Å². The first-order chi connectivity index (χ1) is 15.8. The average Bonchev–Trinajstić information content (AvgIpc) is 3.61. The summed E-state index contributed by atoms with van der Waals surface area (Å²) >= 11 is 0. The van der Waals surface area contributed by atoms with Gasteiger partial charge in [-0.3, -0.25) is 9.97 Å². The van der Waals surface area contributed by atoms with Crippen LogP contribution in [0.2, 0.25) is 0 Å². The van der Waals surface area contributed by atoms with E-state index < -0.39 is 5.54 Å². The molecule has 172 valence electrons. The van der Waals surface area contributed by atoms with Crippen LogP contribution in [0.25, 0.3) is 10.8 Å². The first-order valence-corrected chi connectivity index (χ1v) is 11.3. The fourth-order valence-corrected chi connectivity index (χ4v) is 4.11. The fourth-order valence-electron chi connectivity index (χ4n) is 4.11. The normalized spacial score (nSPS) is 21.9. The number of carbonyl (C=O) groups is 1. The average molecular weight is 449 g/mol. The van der Waals surface area contributed by atoms with Crippen LogP contribution in [0, 0.1) is 0 Å². The number of esters is 1. The Morgan fingerprint density at radius 3 is 2.70 bits per heavy atom. The molecule has 2 aliphatic rings. The molecule has 1 fully saturated rings. The van der Waals surface area contributed by atoms with Gasteiger partial charge in [-0.15, -0.1) is 0 Å². The van der Waals surface area contributed by atoms with Crippen LogP contribution < -0.4 is 10.5 Å². The molecule has 0 spiro atoms. The Kier molecular flexibility index (Phi) is 5.29. The highest BCUT2D eigenvalue weighted by Gasteiger charge is 2.32. The largest absolute Gasteiger partial charge is 0.474 e. The molecule has 0 aromatic carbocycles. The van der Waals surface area contributed by atoms with Crippen molar-refractivity contribution < 1.29 is 19.4 Å². The van der Waals surface area contributed by atoms with Crippen molar-refractivity contribution in [1.82, 2.24) is 15.0 Å². The van der Waals surface area contributed by atoms with Crippen LogP contribution in [0.4, 0.5) is 0 Å². The van der Waals surface area contributed by atoms with Crippen molar-refractivity contribution >= 4 is 16.7 Å². The smallest absolute Gasteiger partial charge is 0.340 e. The minimum absolute atomic E-state index is 0.0181. The Labute approximate surface area is 192 Å². The fraction of sp³-hybridized carbons (Fsp3) is 0.440. The molecule has 8 nitrogen and oxygen atoms in total. The summed E-state index contributed by atoms with van der Waals surface area (Å²) in [5.74, 6) is 0.229. The van der Waals surface area contributed by atoms with E-state index in [0.29, 0.717) is 17.9 Å². The summed E-state index contributed by atoms with van der Waals surface area (Å²) in [6.07, 6.45) is 5.96. The zero-order valence-corrected chi connectivity index (χ0v) is 19.0. The van der Waals surface area contributed by atoms with Crippen LogP contribution in [0.3, 0.4) is 0 Å². The third-order valence-electron chi connectivity index (χ3n) is 6.53. The van der Waals surface area contributed by atoms with Crippen LogP contribution in [0.1, 0.15) is 72.5 Å². The number of fused-ring (bicyclic) bond motifs is 2. The lowest BCUT2D eigenvalue weighted by Gasteiger charge is -2.27. The van der Waals surface area contributed by atoms with Crippen LogP contribution in [-0.4, -0.2) is 44.8 Å². The molecule has 0 radical (unpaired) electrons. The predicted molar refractivity (Wildman–Crippen MR) is 122 cm³/mol. The van der Waals surface area contributed by atoms with Gasteiger partial charge >= 0.3 is 5.97 Å². The summed E-state index contributed by atoms with van der Waals surface area (Å²) in [6, 6.07) is 5.59. The summed E-state index contributed by atoms with van der Waals surface area (Å²) in [5, 5.41) is 11.5. The molecule has 3 atom stereocenters. The van der Waals surface area contributed by atoms with Crippen molar-refractivity contribution in [2.45, 2.75) is 63.7 Å². The van der Waals surface area contributed by atoms with Gasteiger partial charge < -0.3 is 20.3 Å². The molecule has 3 N–H and O–H groups in total. The van der Waals surface area contributed by atoms with Gasteiger partial charge in [-0.2, -0.15) is 0 Å². The first kappa shape index (κ1) is 21.7. The maximum absolute atomic E-state index is 12.2. The maximum Gasteiger partial charge on any atom is 0.340 e. The van der Waals surface area contributed by atoms with E-state index in [9.17, 15) is 9.90 Å². The number of rotatable bonds is 6. The summed E-state index contributed by atoms with van der Waals surface area (Å²) < 4.78 is 11.4. The number of aliphatic hydroxyl groups is 1. The lowest BCUT2D eigenvalue weighted by atomic mass is 9.91. The number of aromatic nitrogens is 3. The van der Waals surface area contributed by atoms with Gasteiger partial charge in [0.1, 0.15) is 12.2 Å². The molecular weight excluding hydrogens is 420 g/mol. The number of cyclic esters (lactones) is 1. The highest BCUT2D eigenvalue weighted by Crippen LogP contribution is 2.35. The molecule has 0 amide bonds. The Morgan fingerprint density at radius 2 is 1.97 bits per heavy atom. The molecule has 1 saturated carbocycles. The second-order valence-corrected chi connectivity index (χ2v) is 9.40. The van der Waals surface area contributed by atoms with Crippen molar-refractivity contribution in [3.8, 4) is 5.88 Å². The summed E-state index contributed by atoms with van der Waals surface area (Å²) in [7, 11) is 0. The van der Waals surface area contributed by atoms with Crippen molar-refractivity contribution in [2.24, 2.45) is 5.73 Å². The quantitative estimate of drug-likeness (QED) is 0.552. The first-order valence-electron chi connectivity index (χ1n) is 11.3. The third kappa shape index (κ3) is 4.05. The van der Waals surface area contributed by atoms with Gasteiger partial charge in [0.25, 0.3) is 0 Å². The summed E-state index contributed by atoms with van der Waals surface area (Å²) in [4.78, 5) is 26.1. The topological polar surface area (TPSA) is 120 Å². The van der Waals surface area contributed by atoms with E-state index in [1.54, 1.807) is 25.4 Å². The molecule has 4 heterocycles. The number of ether oxygens (including phenoxy) is 2. The van der Waals surface area contributed by atoms with Crippen molar-refractivity contribution in [2.75, 3.05) is 6.61 Å². The molecule has 1 aliphatic carbocycles. The van der Waals surface area contributed by atoms with E-state index in [4.69, 9.17) is 20.2 Å². The van der Waals surface area contributed by atoms with Crippen molar-refractivity contribution in [3.63, 3.8) is 0 Å². The van der Waals surface area contributed by atoms with Crippen LogP contribution in [-0.2, 0) is 16.7 Å². The lowest BCUT2D eigenvalue weighted by Crippen LogP contribution is -2.37. The lowest BCUT2D eigenvalue weighted by molar-refractivity contribution is 0.0234. The van der Waals surface area contributed by atoms with Gasteiger partial charge in [0, 0.05) is 41.7 Å². The number of aliphatic hydroxyl groups excluding tert-OH is 1. The second kappa shape index (κ2) is 8.04. The number of hydrogen-bond acceptors (Lipinski definition) is 8. The van der Waals surface area contributed by atoms with Crippen molar-refractivity contribution in [3.05, 3.63) is 58.8 Å². The highest BCUT2D eigenvalue weighted by atomic mass is 16.5. The molecule has 0 bridgehead atoms. The molecule has 0 saturated heterocycles. The minimum atomic E-state index is -0.960. The highest BCUT2D eigenvalue weighted by molar-refractivity contribution is 5.92. The molecular formula is C25H28N4O4. The number of carbonyl (C=O) groups excluding carboxylic acids is 1. The third-order valence-corrected chi connectivity index (χ3v) is 6.53. The molecule has 5 rings (SSSR count). The number of hydrogen-bond donors (Lipinski definition) is 2. The van der Waals surface area contributed by atoms with E-state index in [0.717, 1.165) is 46.3 Å². The van der Waals surface area contributed by atoms with Gasteiger partial charge in [0.15, 0.2) is 0 Å². The summed E-state index contributed by atoms with van der Waals surface area (Å²) in [5.41, 5.74) is 9.05. The van der Waals surface area contributed by atoms with Gasteiger partial charge in [-0.05, 0) is 50.3 Å². The summed E-state index contributed by atoms with van der Waals surface area (Å²) in [6.45, 7) is 5.45. The van der Waals surface area contributed by atoms with Crippen LogP contribution in [0.15, 0.2) is 30.6 Å². The van der Waals surface area contributed by atoms with E-state index in [2.05, 4.69) is 9.97 Å². The van der Waals surface area contributed by atoms with E-state index in [1.165, 1.54) is 0 Å². The number of nitrogens with two attached hydrogens (primary N) is 1. The Balaban J connectivity index is 1.54. The van der Waals surface area contributed by atoms with Gasteiger partial charge in [0.2, 0.25) is 5.88 Å². The van der Waals surface area contributed by atoms with Crippen LogP contribution in [0.5, 0.6) is 5.88 Å². The van der Waals surface area contributed by atoms with E-state index >= 15 is 0 Å². The Bertz CT molecular complexity index is 1240. The maximum atomic E-state index is 12.2. The standard InChI is InChI=1S/C25H28N4O4/c1-13-14(2)32-24(31)18-7-4-15(29-22(13)18)8-16-9-19-20(10-27-16)23(33-17-5-6-17)28-11-21(19)25(3,26)12-30/h4,7,9-11,13-14,17,30H,5-6,8,12,26H2,1-3H3/t13-,14-,25-/m0/s1. The van der Waals surface area contributed by atoms with E-state index in [1.807, 2.05) is 26.0 Å². The number of pyridine rings is 3. The second-order valence-electron chi connectivity index (χ2n) is 9.40. The molecule has 3 aromatic rings. The predicted octanol–water partition coefficient (Wildman–Crippen LogP) is 2.99. The molecule has 3 aromatic heterocycles. The zero-order chi connectivity index (χ0) is 23.3. The molecule has 33 heavy (non-hydrogen) atoms. The van der Waals surface area contributed by atoms with E-state index in [-0.39, 0.29) is 30.7 Å². The van der Waals surface area contributed by atoms with Gasteiger partial charge in [0.05, 0.1) is 28.8 Å². The monoisotopic (exact) mass is 448 g/mol. The minimum Gasteiger partial charge on any atom is -0.474 e.